The lowest BCUT2D eigenvalue weighted by molar-refractivity contribution is 0.569. The van der Waals surface area contributed by atoms with Crippen molar-refractivity contribution < 1.29 is 4.42 Å². The number of nitrogens with zero attached hydrogens (tertiary/aromatic N) is 1. The normalized spacial score (nSPS) is 15.0. The minimum atomic E-state index is 0.615. The van der Waals surface area contributed by atoms with Gasteiger partial charge >= 0.3 is 0 Å². The van der Waals surface area contributed by atoms with Gasteiger partial charge in [0, 0.05) is 23.2 Å². The quantitative estimate of drug-likeness (QED) is 0.924. The van der Waals surface area contributed by atoms with E-state index in [0.717, 1.165) is 11.3 Å². The van der Waals surface area contributed by atoms with E-state index in [9.17, 15) is 0 Å². The number of hydrogen-bond donors (Lipinski definition) is 1. The van der Waals surface area contributed by atoms with Gasteiger partial charge in [0.05, 0.1) is 5.02 Å². The second-order valence-corrected chi connectivity index (χ2v) is 5.25. The second-order valence-electron chi connectivity index (χ2n) is 4.41. The molecule has 18 heavy (non-hydrogen) atoms. The molecule has 1 fully saturated rings. The minimum absolute atomic E-state index is 0.615. The van der Waals surface area contributed by atoms with E-state index in [1.54, 1.807) is 18.2 Å². The summed E-state index contributed by atoms with van der Waals surface area (Å²) in [5, 5.41) is 4.65. The first kappa shape index (κ1) is 12.0. The molecule has 1 aliphatic rings. The van der Waals surface area contributed by atoms with Gasteiger partial charge < -0.3 is 9.73 Å². The van der Waals surface area contributed by atoms with Gasteiger partial charge in [-0.2, -0.15) is 0 Å². The molecule has 2 aromatic rings. The number of oxazole rings is 1. The molecule has 0 aliphatic heterocycles. The highest BCUT2D eigenvalue weighted by Crippen LogP contribution is 2.32. The van der Waals surface area contributed by atoms with Crippen LogP contribution < -0.4 is 5.32 Å². The molecule has 0 saturated heterocycles. The van der Waals surface area contributed by atoms with Gasteiger partial charge in [-0.3, -0.25) is 0 Å². The summed E-state index contributed by atoms with van der Waals surface area (Å²) in [5.41, 5.74) is 1.65. The largest absolute Gasteiger partial charge is 0.443 e. The standard InChI is InChI=1S/C13H12Cl2N2O/c14-8-1-4-11(15)10(5-8)13-12(17-7-18-13)6-16-9-2-3-9/h1,4-5,7,9,16H,2-3,6H2. The van der Waals surface area contributed by atoms with Gasteiger partial charge in [0.15, 0.2) is 12.2 Å². The molecule has 1 saturated carbocycles. The van der Waals surface area contributed by atoms with Crippen molar-refractivity contribution in [3.05, 3.63) is 40.3 Å². The third-order valence-electron chi connectivity index (χ3n) is 2.95. The Kier molecular flexibility index (Phi) is 3.29. The van der Waals surface area contributed by atoms with E-state index in [-0.39, 0.29) is 0 Å². The molecule has 0 unspecified atom stereocenters. The first-order valence-corrected chi connectivity index (χ1v) is 6.61. The van der Waals surface area contributed by atoms with Crippen LogP contribution in [-0.2, 0) is 6.54 Å². The molecule has 1 aromatic heterocycles. The zero-order valence-electron chi connectivity index (χ0n) is 9.62. The summed E-state index contributed by atoms with van der Waals surface area (Å²) in [5.74, 6) is 0.690. The van der Waals surface area contributed by atoms with E-state index in [2.05, 4.69) is 10.3 Å². The Morgan fingerprint density at radius 2 is 2.17 bits per heavy atom. The highest BCUT2D eigenvalue weighted by molar-refractivity contribution is 6.35. The average Bonchev–Trinajstić information content (AvgIpc) is 3.08. The Balaban J connectivity index is 1.90. The molecule has 94 valence electrons. The Bertz CT molecular complexity index is 564. The zero-order valence-corrected chi connectivity index (χ0v) is 11.1. The Morgan fingerprint density at radius 1 is 1.33 bits per heavy atom. The smallest absolute Gasteiger partial charge is 0.181 e. The maximum atomic E-state index is 6.17. The fourth-order valence-corrected chi connectivity index (χ4v) is 2.19. The van der Waals surface area contributed by atoms with E-state index in [1.807, 2.05) is 0 Å². The van der Waals surface area contributed by atoms with E-state index in [1.165, 1.54) is 19.2 Å². The molecule has 3 rings (SSSR count). The molecule has 5 heteroatoms. The highest BCUT2D eigenvalue weighted by atomic mass is 35.5. The monoisotopic (exact) mass is 282 g/mol. The first-order valence-electron chi connectivity index (χ1n) is 5.85. The lowest BCUT2D eigenvalue weighted by Crippen LogP contribution is -2.16. The molecule has 1 heterocycles. The van der Waals surface area contributed by atoms with Crippen molar-refractivity contribution in [2.24, 2.45) is 0 Å². The molecule has 0 spiro atoms. The zero-order chi connectivity index (χ0) is 12.5. The van der Waals surface area contributed by atoms with Crippen molar-refractivity contribution in [1.29, 1.82) is 0 Å². The summed E-state index contributed by atoms with van der Waals surface area (Å²) in [6, 6.07) is 5.95. The molecule has 0 radical (unpaired) electrons. The van der Waals surface area contributed by atoms with Gasteiger partial charge in [-0.25, -0.2) is 4.98 Å². The van der Waals surface area contributed by atoms with Crippen molar-refractivity contribution >= 4 is 23.2 Å². The van der Waals surface area contributed by atoms with E-state index < -0.39 is 0 Å². The maximum Gasteiger partial charge on any atom is 0.181 e. The van der Waals surface area contributed by atoms with Crippen LogP contribution >= 0.6 is 23.2 Å². The Hall–Kier alpha value is -1.03. The van der Waals surface area contributed by atoms with Crippen LogP contribution in [0.25, 0.3) is 11.3 Å². The fraction of sp³-hybridized carbons (Fsp3) is 0.308. The predicted molar refractivity (Wildman–Crippen MR) is 71.8 cm³/mol. The summed E-state index contributed by atoms with van der Waals surface area (Å²) < 4.78 is 5.45. The predicted octanol–water partition coefficient (Wildman–Crippen LogP) is 3.90. The summed E-state index contributed by atoms with van der Waals surface area (Å²) in [6.45, 7) is 0.694. The number of nitrogens with one attached hydrogen (secondary N) is 1. The van der Waals surface area contributed by atoms with Crippen molar-refractivity contribution in [2.75, 3.05) is 0 Å². The number of hydrogen-bond acceptors (Lipinski definition) is 3. The summed E-state index contributed by atoms with van der Waals surface area (Å²) >= 11 is 12.2. The van der Waals surface area contributed by atoms with Gasteiger partial charge in [-0.05, 0) is 31.0 Å². The van der Waals surface area contributed by atoms with Crippen molar-refractivity contribution in [1.82, 2.24) is 10.3 Å². The van der Waals surface area contributed by atoms with Crippen molar-refractivity contribution in [2.45, 2.75) is 25.4 Å². The van der Waals surface area contributed by atoms with Crippen LogP contribution in [0.5, 0.6) is 0 Å². The number of halogens is 2. The third-order valence-corrected chi connectivity index (χ3v) is 3.51. The van der Waals surface area contributed by atoms with E-state index in [4.69, 9.17) is 27.6 Å². The fourth-order valence-electron chi connectivity index (χ4n) is 1.81. The minimum Gasteiger partial charge on any atom is -0.443 e. The van der Waals surface area contributed by atoms with Crippen LogP contribution in [0.2, 0.25) is 10.0 Å². The number of rotatable bonds is 4. The maximum absolute atomic E-state index is 6.17. The van der Waals surface area contributed by atoms with Gasteiger partial charge in [-0.1, -0.05) is 23.2 Å². The number of benzene rings is 1. The molecule has 0 amide bonds. The molecular weight excluding hydrogens is 271 g/mol. The van der Waals surface area contributed by atoms with Crippen LogP contribution in [0.15, 0.2) is 29.0 Å². The topological polar surface area (TPSA) is 38.1 Å². The molecule has 1 aromatic carbocycles. The van der Waals surface area contributed by atoms with Crippen LogP contribution in [0.4, 0.5) is 0 Å². The van der Waals surface area contributed by atoms with Gasteiger partial charge in [0.25, 0.3) is 0 Å². The van der Waals surface area contributed by atoms with Crippen LogP contribution in [-0.4, -0.2) is 11.0 Å². The lowest BCUT2D eigenvalue weighted by atomic mass is 10.1. The molecule has 0 atom stereocenters. The van der Waals surface area contributed by atoms with E-state index >= 15 is 0 Å². The van der Waals surface area contributed by atoms with Crippen molar-refractivity contribution in [3.8, 4) is 11.3 Å². The molecule has 0 bridgehead atoms. The van der Waals surface area contributed by atoms with Crippen LogP contribution in [0, 0.1) is 0 Å². The molecule has 1 N–H and O–H groups in total. The lowest BCUT2D eigenvalue weighted by Gasteiger charge is -2.05. The number of aromatic nitrogens is 1. The van der Waals surface area contributed by atoms with Gasteiger partial charge in [-0.15, -0.1) is 0 Å². The van der Waals surface area contributed by atoms with Gasteiger partial charge in [0.2, 0.25) is 0 Å². The summed E-state index contributed by atoms with van der Waals surface area (Å²) in [6.07, 6.45) is 3.92. The second kappa shape index (κ2) is 4.92. The Morgan fingerprint density at radius 3 is 2.94 bits per heavy atom. The average molecular weight is 283 g/mol. The Labute approximate surface area is 115 Å². The SMILES string of the molecule is Clc1ccc(Cl)c(-c2ocnc2CNC2CC2)c1. The third kappa shape index (κ3) is 2.53. The first-order chi connectivity index (χ1) is 8.74. The molecular formula is C13H12Cl2N2O. The van der Waals surface area contributed by atoms with Crippen LogP contribution in [0.1, 0.15) is 18.5 Å². The van der Waals surface area contributed by atoms with Crippen molar-refractivity contribution in [3.63, 3.8) is 0 Å². The van der Waals surface area contributed by atoms with Gasteiger partial charge in [0.1, 0.15) is 5.69 Å². The highest BCUT2D eigenvalue weighted by Gasteiger charge is 2.22. The van der Waals surface area contributed by atoms with E-state index in [0.29, 0.717) is 28.4 Å². The summed E-state index contributed by atoms with van der Waals surface area (Å²) in [4.78, 5) is 4.23. The molecule has 1 aliphatic carbocycles. The molecule has 3 nitrogen and oxygen atoms in total. The summed E-state index contributed by atoms with van der Waals surface area (Å²) in [7, 11) is 0. The van der Waals surface area contributed by atoms with Crippen LogP contribution in [0.3, 0.4) is 0 Å².